The van der Waals surface area contributed by atoms with Gasteiger partial charge in [-0.25, -0.2) is 12.7 Å². The molecule has 1 aliphatic carbocycles. The summed E-state index contributed by atoms with van der Waals surface area (Å²) in [5, 5.41) is 6.36. The van der Waals surface area contributed by atoms with Crippen molar-refractivity contribution in [2.24, 2.45) is 11.3 Å². The molecule has 1 amide bonds. The van der Waals surface area contributed by atoms with Gasteiger partial charge in [-0.1, -0.05) is 12.8 Å². The summed E-state index contributed by atoms with van der Waals surface area (Å²) in [6.07, 6.45) is 5.12. The van der Waals surface area contributed by atoms with Crippen LogP contribution in [0.2, 0.25) is 0 Å². The first kappa shape index (κ1) is 15.2. The lowest BCUT2D eigenvalue weighted by atomic mass is 9.67. The zero-order valence-corrected chi connectivity index (χ0v) is 13.3. The van der Waals surface area contributed by atoms with Gasteiger partial charge >= 0.3 is 0 Å². The molecule has 1 saturated carbocycles. The molecule has 3 aliphatic rings. The molecule has 7 heteroatoms. The first-order valence-corrected chi connectivity index (χ1v) is 9.62. The van der Waals surface area contributed by atoms with E-state index in [0.717, 1.165) is 32.4 Å². The SMILES string of the molecule is O=C(NCCN1CCCS1(=O)=O)[C@@]12CCCC[C@H]1CNC2. The molecule has 2 atom stereocenters. The van der Waals surface area contributed by atoms with Crippen LogP contribution in [0.1, 0.15) is 32.1 Å². The first-order chi connectivity index (χ1) is 10.0. The minimum absolute atomic E-state index is 0.119. The van der Waals surface area contributed by atoms with Crippen LogP contribution >= 0.6 is 0 Å². The van der Waals surface area contributed by atoms with Crippen molar-refractivity contribution in [3.8, 4) is 0 Å². The highest BCUT2D eigenvalue weighted by atomic mass is 32.2. The highest BCUT2D eigenvalue weighted by Crippen LogP contribution is 2.43. The predicted octanol–water partition coefficient (Wildman–Crippen LogP) is -0.0821. The van der Waals surface area contributed by atoms with E-state index in [1.54, 1.807) is 0 Å². The third kappa shape index (κ3) is 2.83. The number of nitrogens with zero attached hydrogens (tertiary/aromatic N) is 1. The summed E-state index contributed by atoms with van der Waals surface area (Å²) in [6, 6.07) is 0. The molecule has 21 heavy (non-hydrogen) atoms. The van der Waals surface area contributed by atoms with Crippen LogP contribution in [-0.4, -0.2) is 57.1 Å². The number of fused-ring (bicyclic) bond motifs is 1. The average molecular weight is 315 g/mol. The van der Waals surface area contributed by atoms with Gasteiger partial charge in [0.05, 0.1) is 11.2 Å². The van der Waals surface area contributed by atoms with Gasteiger partial charge < -0.3 is 10.6 Å². The molecular formula is C14H25N3O3S. The molecule has 3 fully saturated rings. The third-order valence-electron chi connectivity index (χ3n) is 5.34. The molecular weight excluding hydrogens is 290 g/mol. The Morgan fingerprint density at radius 2 is 2.19 bits per heavy atom. The normalized spacial score (nSPS) is 35.5. The van der Waals surface area contributed by atoms with Crippen molar-refractivity contribution >= 4 is 15.9 Å². The van der Waals surface area contributed by atoms with Gasteiger partial charge in [-0.2, -0.15) is 0 Å². The van der Waals surface area contributed by atoms with E-state index in [9.17, 15) is 13.2 Å². The summed E-state index contributed by atoms with van der Waals surface area (Å²) in [5.74, 6) is 0.812. The Labute approximate surface area is 126 Å². The fraction of sp³-hybridized carbons (Fsp3) is 0.929. The predicted molar refractivity (Wildman–Crippen MR) is 80.2 cm³/mol. The van der Waals surface area contributed by atoms with Crippen molar-refractivity contribution in [1.82, 2.24) is 14.9 Å². The number of rotatable bonds is 4. The van der Waals surface area contributed by atoms with Crippen LogP contribution < -0.4 is 10.6 Å². The number of hydrogen-bond donors (Lipinski definition) is 2. The summed E-state index contributed by atoms with van der Waals surface area (Å²) in [4.78, 5) is 12.6. The van der Waals surface area contributed by atoms with Crippen LogP contribution in [0.4, 0.5) is 0 Å². The van der Waals surface area contributed by atoms with Gasteiger partial charge in [0.2, 0.25) is 15.9 Å². The van der Waals surface area contributed by atoms with Crippen LogP contribution in [0.3, 0.4) is 0 Å². The van der Waals surface area contributed by atoms with Gasteiger partial charge in [0.15, 0.2) is 0 Å². The van der Waals surface area contributed by atoms with E-state index < -0.39 is 10.0 Å². The highest BCUT2D eigenvalue weighted by molar-refractivity contribution is 7.89. The Morgan fingerprint density at radius 3 is 2.95 bits per heavy atom. The van der Waals surface area contributed by atoms with Crippen LogP contribution in [0, 0.1) is 11.3 Å². The van der Waals surface area contributed by atoms with Gasteiger partial charge in [0.1, 0.15) is 0 Å². The average Bonchev–Trinajstić information content (AvgIpc) is 3.03. The highest BCUT2D eigenvalue weighted by Gasteiger charge is 2.49. The van der Waals surface area contributed by atoms with Crippen molar-refractivity contribution in [3.05, 3.63) is 0 Å². The fourth-order valence-corrected chi connectivity index (χ4v) is 5.63. The van der Waals surface area contributed by atoms with Crippen molar-refractivity contribution in [2.45, 2.75) is 32.1 Å². The van der Waals surface area contributed by atoms with Gasteiger partial charge in [-0.05, 0) is 31.7 Å². The van der Waals surface area contributed by atoms with E-state index in [1.807, 2.05) is 0 Å². The molecule has 0 aromatic heterocycles. The largest absolute Gasteiger partial charge is 0.354 e. The molecule has 3 rings (SSSR count). The number of amides is 1. The Morgan fingerprint density at radius 1 is 1.33 bits per heavy atom. The monoisotopic (exact) mass is 315 g/mol. The van der Waals surface area contributed by atoms with Crippen LogP contribution in [0.15, 0.2) is 0 Å². The Kier molecular flexibility index (Phi) is 4.25. The lowest BCUT2D eigenvalue weighted by Crippen LogP contribution is -2.49. The lowest BCUT2D eigenvalue weighted by Gasteiger charge is -2.37. The topological polar surface area (TPSA) is 78.5 Å². The van der Waals surface area contributed by atoms with E-state index >= 15 is 0 Å². The number of sulfonamides is 1. The van der Waals surface area contributed by atoms with Crippen LogP contribution in [0.25, 0.3) is 0 Å². The number of hydrogen-bond acceptors (Lipinski definition) is 4. The minimum atomic E-state index is -3.06. The maximum atomic E-state index is 12.6. The van der Waals surface area contributed by atoms with Crippen LogP contribution in [0.5, 0.6) is 0 Å². The molecule has 0 aromatic carbocycles. The molecule has 0 radical (unpaired) electrons. The first-order valence-electron chi connectivity index (χ1n) is 8.01. The Bertz CT molecular complexity index is 508. The summed E-state index contributed by atoms with van der Waals surface area (Å²) in [6.45, 7) is 3.13. The van der Waals surface area contributed by atoms with Gasteiger partial charge in [-0.3, -0.25) is 4.79 Å². The third-order valence-corrected chi connectivity index (χ3v) is 7.30. The molecule has 2 heterocycles. The molecule has 0 bridgehead atoms. The molecule has 0 unspecified atom stereocenters. The van der Waals surface area contributed by atoms with Crippen molar-refractivity contribution < 1.29 is 13.2 Å². The summed E-state index contributed by atoms with van der Waals surface area (Å²) in [5.41, 5.74) is -0.248. The van der Waals surface area contributed by atoms with Gasteiger partial charge in [-0.15, -0.1) is 0 Å². The van der Waals surface area contributed by atoms with Crippen molar-refractivity contribution in [2.75, 3.05) is 38.5 Å². The minimum Gasteiger partial charge on any atom is -0.354 e. The number of nitrogens with one attached hydrogen (secondary N) is 2. The van der Waals surface area contributed by atoms with Gasteiger partial charge in [0, 0.05) is 26.2 Å². The quantitative estimate of drug-likeness (QED) is 0.760. The smallest absolute Gasteiger partial charge is 0.227 e. The summed E-state index contributed by atoms with van der Waals surface area (Å²) < 4.78 is 24.9. The van der Waals surface area contributed by atoms with E-state index in [0.29, 0.717) is 32.0 Å². The maximum absolute atomic E-state index is 12.6. The Balaban J connectivity index is 1.54. The molecule has 2 saturated heterocycles. The lowest BCUT2D eigenvalue weighted by molar-refractivity contribution is -0.134. The molecule has 120 valence electrons. The standard InChI is InChI=1S/C14H25N3O3S/c18-13(14-5-2-1-4-12(14)10-15-11-14)16-6-8-17-7-3-9-21(17,19)20/h12,15H,1-11H2,(H,16,18)/t12-,14+/m0/s1. The van der Waals surface area contributed by atoms with E-state index in [2.05, 4.69) is 10.6 Å². The zero-order chi connectivity index (χ0) is 14.9. The second-order valence-electron chi connectivity index (χ2n) is 6.55. The summed E-state index contributed by atoms with van der Waals surface area (Å²) >= 11 is 0. The van der Waals surface area contributed by atoms with Gasteiger partial charge in [0.25, 0.3) is 0 Å². The van der Waals surface area contributed by atoms with Crippen molar-refractivity contribution in [1.29, 1.82) is 0 Å². The molecule has 0 spiro atoms. The second kappa shape index (κ2) is 5.85. The van der Waals surface area contributed by atoms with Crippen molar-refractivity contribution in [3.63, 3.8) is 0 Å². The zero-order valence-electron chi connectivity index (χ0n) is 12.4. The molecule has 6 nitrogen and oxygen atoms in total. The summed E-state index contributed by atoms with van der Waals surface area (Å²) in [7, 11) is -3.06. The van der Waals surface area contributed by atoms with E-state index in [1.165, 1.54) is 10.7 Å². The molecule has 2 aliphatic heterocycles. The Hall–Kier alpha value is -0.660. The van der Waals surface area contributed by atoms with E-state index in [4.69, 9.17) is 0 Å². The van der Waals surface area contributed by atoms with E-state index in [-0.39, 0.29) is 17.1 Å². The number of carbonyl (C=O) groups is 1. The molecule has 2 N–H and O–H groups in total. The fourth-order valence-electron chi connectivity index (χ4n) is 4.10. The molecule has 0 aromatic rings. The van der Waals surface area contributed by atoms with Crippen LogP contribution in [-0.2, 0) is 14.8 Å². The maximum Gasteiger partial charge on any atom is 0.227 e. The number of carbonyl (C=O) groups excluding carboxylic acids is 1. The second-order valence-corrected chi connectivity index (χ2v) is 8.64.